The Kier molecular flexibility index (Phi) is 6.89. The highest BCUT2D eigenvalue weighted by Gasteiger charge is 2.33. The molecule has 170 valence electrons. The van der Waals surface area contributed by atoms with Crippen molar-refractivity contribution in [3.05, 3.63) is 101 Å². The Morgan fingerprint density at radius 1 is 0.971 bits per heavy atom. The van der Waals surface area contributed by atoms with E-state index in [9.17, 15) is 14.9 Å². The lowest BCUT2D eigenvalue weighted by molar-refractivity contribution is -0.123. The molecule has 34 heavy (non-hydrogen) atoms. The Hall–Kier alpha value is -4.57. The molecule has 0 atom stereocenters. The summed E-state index contributed by atoms with van der Waals surface area (Å²) in [5.41, 5.74) is 3.07. The third kappa shape index (κ3) is 5.08. The van der Waals surface area contributed by atoms with Crippen LogP contribution in [0.5, 0.6) is 11.5 Å². The van der Waals surface area contributed by atoms with Crippen molar-refractivity contribution in [3.8, 4) is 17.6 Å². The highest BCUT2D eigenvalue weighted by molar-refractivity contribution is 6.13. The zero-order valence-corrected chi connectivity index (χ0v) is 18.7. The van der Waals surface area contributed by atoms with E-state index < -0.39 is 6.03 Å². The molecule has 3 aromatic rings. The Morgan fingerprint density at radius 2 is 1.74 bits per heavy atom. The van der Waals surface area contributed by atoms with Gasteiger partial charge in [-0.3, -0.25) is 9.69 Å². The summed E-state index contributed by atoms with van der Waals surface area (Å²) in [6.07, 6.45) is 1.61. The van der Waals surface area contributed by atoms with Gasteiger partial charge in [-0.2, -0.15) is 5.26 Å². The number of benzene rings is 3. The number of nitrogens with one attached hydrogen (secondary N) is 1. The lowest BCUT2D eigenvalue weighted by Gasteiger charge is -2.13. The molecule has 1 fully saturated rings. The summed E-state index contributed by atoms with van der Waals surface area (Å²) in [6.45, 7) is 2.70. The van der Waals surface area contributed by atoms with Gasteiger partial charge in [0, 0.05) is 5.56 Å². The number of nitriles is 1. The zero-order valence-electron chi connectivity index (χ0n) is 18.7. The predicted octanol–water partition coefficient (Wildman–Crippen LogP) is 4.63. The number of ether oxygens (including phenoxy) is 2. The minimum absolute atomic E-state index is 0.194. The van der Waals surface area contributed by atoms with Crippen LogP contribution in [0.15, 0.2) is 78.5 Å². The Balaban J connectivity index is 1.52. The van der Waals surface area contributed by atoms with Crippen LogP contribution < -0.4 is 14.8 Å². The van der Waals surface area contributed by atoms with Crippen molar-refractivity contribution in [3.63, 3.8) is 0 Å². The van der Waals surface area contributed by atoms with Gasteiger partial charge in [-0.25, -0.2) is 4.79 Å². The van der Waals surface area contributed by atoms with Crippen molar-refractivity contribution < 1.29 is 19.1 Å². The third-order valence-electron chi connectivity index (χ3n) is 5.25. The highest BCUT2D eigenvalue weighted by atomic mass is 16.5. The van der Waals surface area contributed by atoms with Gasteiger partial charge >= 0.3 is 6.03 Å². The number of rotatable bonds is 8. The monoisotopic (exact) mass is 453 g/mol. The van der Waals surface area contributed by atoms with Crippen molar-refractivity contribution in [2.24, 2.45) is 0 Å². The van der Waals surface area contributed by atoms with Crippen LogP contribution in [0.2, 0.25) is 0 Å². The molecule has 1 heterocycles. The van der Waals surface area contributed by atoms with Crippen LogP contribution in [-0.4, -0.2) is 23.4 Å². The van der Waals surface area contributed by atoms with E-state index >= 15 is 0 Å². The van der Waals surface area contributed by atoms with Crippen molar-refractivity contribution in [2.75, 3.05) is 6.61 Å². The van der Waals surface area contributed by atoms with E-state index in [0.29, 0.717) is 29.2 Å². The van der Waals surface area contributed by atoms with Crippen LogP contribution in [0.4, 0.5) is 4.79 Å². The molecule has 0 saturated carbocycles. The molecular weight excluding hydrogens is 430 g/mol. The van der Waals surface area contributed by atoms with Crippen LogP contribution in [-0.2, 0) is 17.9 Å². The van der Waals surface area contributed by atoms with Gasteiger partial charge in [0.15, 0.2) is 11.5 Å². The average molecular weight is 453 g/mol. The number of hydrogen-bond donors (Lipinski definition) is 1. The molecule has 0 bridgehead atoms. The van der Waals surface area contributed by atoms with Gasteiger partial charge in [0.2, 0.25) is 0 Å². The Morgan fingerprint density at radius 3 is 2.50 bits per heavy atom. The van der Waals surface area contributed by atoms with Crippen molar-refractivity contribution in [1.82, 2.24) is 10.2 Å². The SMILES string of the molecule is CCOc1cc(/C=C2/NC(=O)N(Cc3ccccc3)C2=O)ccc1OCc1ccccc1C#N. The molecule has 0 aliphatic carbocycles. The van der Waals surface area contributed by atoms with Gasteiger partial charge in [-0.05, 0) is 42.3 Å². The van der Waals surface area contributed by atoms with Gasteiger partial charge < -0.3 is 14.8 Å². The number of nitrogens with zero attached hydrogens (tertiary/aromatic N) is 2. The second kappa shape index (κ2) is 10.4. The number of imide groups is 1. The number of carbonyl (C=O) groups excluding carboxylic acids is 2. The minimum atomic E-state index is -0.457. The van der Waals surface area contributed by atoms with E-state index in [4.69, 9.17) is 9.47 Å². The van der Waals surface area contributed by atoms with E-state index in [2.05, 4.69) is 11.4 Å². The molecule has 0 radical (unpaired) electrons. The summed E-state index contributed by atoms with van der Waals surface area (Å²) in [5, 5.41) is 11.9. The standard InChI is InChI=1S/C27H23N3O4/c1-2-33-25-15-20(12-13-24(25)34-18-22-11-7-6-10-21(22)16-28)14-23-26(31)30(27(32)29-23)17-19-8-4-3-5-9-19/h3-15H,2,17-18H2,1H3,(H,29,32)/b23-14+. The predicted molar refractivity (Wildman–Crippen MR) is 127 cm³/mol. The van der Waals surface area contributed by atoms with Crippen molar-refractivity contribution >= 4 is 18.0 Å². The second-order valence-electron chi connectivity index (χ2n) is 7.56. The van der Waals surface area contributed by atoms with E-state index in [1.54, 1.807) is 36.4 Å². The van der Waals surface area contributed by atoms with Crippen LogP contribution in [0.25, 0.3) is 6.08 Å². The van der Waals surface area contributed by atoms with Gasteiger partial charge in [0.1, 0.15) is 12.3 Å². The first kappa shape index (κ1) is 22.6. The fourth-order valence-corrected chi connectivity index (χ4v) is 3.56. The fourth-order valence-electron chi connectivity index (χ4n) is 3.56. The van der Waals surface area contributed by atoms with Crippen molar-refractivity contribution in [1.29, 1.82) is 5.26 Å². The largest absolute Gasteiger partial charge is 0.490 e. The van der Waals surface area contributed by atoms with E-state index in [1.165, 1.54) is 4.90 Å². The summed E-state index contributed by atoms with van der Waals surface area (Å²) in [4.78, 5) is 26.4. The Bertz CT molecular complexity index is 1280. The number of amides is 3. The second-order valence-corrected chi connectivity index (χ2v) is 7.56. The number of carbonyl (C=O) groups is 2. The smallest absolute Gasteiger partial charge is 0.329 e. The molecule has 3 amide bonds. The lowest BCUT2D eigenvalue weighted by atomic mass is 10.1. The number of hydrogen-bond acceptors (Lipinski definition) is 5. The van der Waals surface area contributed by atoms with E-state index in [0.717, 1.165) is 11.1 Å². The van der Waals surface area contributed by atoms with Crippen LogP contribution >= 0.6 is 0 Å². The maximum absolute atomic E-state index is 12.8. The van der Waals surface area contributed by atoms with Crippen LogP contribution in [0.3, 0.4) is 0 Å². The van der Waals surface area contributed by atoms with Gasteiger partial charge in [0.05, 0.1) is 24.8 Å². The summed E-state index contributed by atoms with van der Waals surface area (Å²) in [5.74, 6) is 0.633. The topological polar surface area (TPSA) is 91.7 Å². The van der Waals surface area contributed by atoms with E-state index in [-0.39, 0.29) is 24.8 Å². The summed E-state index contributed by atoms with van der Waals surface area (Å²) < 4.78 is 11.7. The highest BCUT2D eigenvalue weighted by Crippen LogP contribution is 2.31. The van der Waals surface area contributed by atoms with E-state index in [1.807, 2.05) is 49.4 Å². The van der Waals surface area contributed by atoms with Gasteiger partial charge in [0.25, 0.3) is 5.91 Å². The molecule has 0 spiro atoms. The van der Waals surface area contributed by atoms with Gasteiger partial charge in [-0.1, -0.05) is 54.6 Å². The lowest BCUT2D eigenvalue weighted by Crippen LogP contribution is -2.30. The third-order valence-corrected chi connectivity index (χ3v) is 5.25. The minimum Gasteiger partial charge on any atom is -0.490 e. The molecule has 1 aliphatic heterocycles. The molecule has 1 saturated heterocycles. The normalized spacial score (nSPS) is 14.1. The number of urea groups is 1. The Labute approximate surface area is 197 Å². The molecule has 0 aromatic heterocycles. The zero-order chi connectivity index (χ0) is 23.9. The molecule has 0 unspecified atom stereocenters. The molecule has 1 aliphatic rings. The fraction of sp³-hybridized carbons (Fsp3) is 0.148. The maximum atomic E-state index is 12.8. The summed E-state index contributed by atoms with van der Waals surface area (Å²) in [6, 6.07) is 23.6. The molecule has 3 aromatic carbocycles. The molecule has 4 rings (SSSR count). The quantitative estimate of drug-likeness (QED) is 0.397. The summed E-state index contributed by atoms with van der Waals surface area (Å²) >= 11 is 0. The average Bonchev–Trinajstić information content (AvgIpc) is 3.12. The molecular formula is C27H23N3O4. The van der Waals surface area contributed by atoms with Crippen LogP contribution in [0, 0.1) is 11.3 Å². The maximum Gasteiger partial charge on any atom is 0.329 e. The first-order valence-corrected chi connectivity index (χ1v) is 10.8. The molecule has 1 N–H and O–H groups in total. The van der Waals surface area contributed by atoms with Crippen LogP contribution in [0.1, 0.15) is 29.2 Å². The first-order valence-electron chi connectivity index (χ1n) is 10.8. The van der Waals surface area contributed by atoms with Crippen molar-refractivity contribution in [2.45, 2.75) is 20.1 Å². The first-order chi connectivity index (χ1) is 16.6. The van der Waals surface area contributed by atoms with Gasteiger partial charge in [-0.15, -0.1) is 0 Å². The summed E-state index contributed by atoms with van der Waals surface area (Å²) in [7, 11) is 0. The molecule has 7 heteroatoms. The molecule has 7 nitrogen and oxygen atoms in total.